The molecule has 8 heteroatoms. The van der Waals surface area contributed by atoms with Crippen molar-refractivity contribution < 1.29 is 14.1 Å². The van der Waals surface area contributed by atoms with Crippen LogP contribution in [0.25, 0.3) is 10.4 Å². The van der Waals surface area contributed by atoms with E-state index in [1.807, 2.05) is 25.1 Å². The second-order valence-electron chi connectivity index (χ2n) is 6.52. The molecule has 1 aromatic heterocycles. The molecule has 0 aliphatic rings. The van der Waals surface area contributed by atoms with Crippen LogP contribution in [0, 0.1) is 6.92 Å². The molecule has 0 bridgehead atoms. The van der Waals surface area contributed by atoms with Crippen LogP contribution >= 0.6 is 11.3 Å². The van der Waals surface area contributed by atoms with Gasteiger partial charge in [0.25, 0.3) is 0 Å². The number of phenolic OH excluding ortho intramolecular Hbond substituents is 1. The smallest absolute Gasteiger partial charge is 0.183 e. The van der Waals surface area contributed by atoms with Crippen molar-refractivity contribution in [3.05, 3.63) is 48.2 Å². The first kappa shape index (κ1) is 20.2. The molecule has 0 radical (unpaired) electrons. The minimum atomic E-state index is -1.53. The summed E-state index contributed by atoms with van der Waals surface area (Å²) in [6.07, 6.45) is 0. The van der Waals surface area contributed by atoms with Gasteiger partial charge in [0.05, 0.1) is 17.7 Å². The van der Waals surface area contributed by atoms with Crippen molar-refractivity contribution in [3.8, 4) is 21.9 Å². The van der Waals surface area contributed by atoms with Gasteiger partial charge in [-0.05, 0) is 68.8 Å². The van der Waals surface area contributed by atoms with Crippen molar-refractivity contribution in [2.75, 3.05) is 17.1 Å². The van der Waals surface area contributed by atoms with Crippen molar-refractivity contribution in [3.63, 3.8) is 0 Å². The lowest BCUT2D eigenvalue weighted by molar-refractivity contribution is 0.404. The molecule has 148 valence electrons. The summed E-state index contributed by atoms with van der Waals surface area (Å²) in [6.45, 7) is 6.10. The lowest BCUT2D eigenvalue weighted by Crippen LogP contribution is -2.08. The second-order valence-corrected chi connectivity index (χ2v) is 8.70. The SMILES string of the molecule is COc1ccc(-c2sc(NC(C)C)nc2C)cc1S(=O)Nc1ccc(O)cc1. The molecule has 6 nitrogen and oxygen atoms in total. The molecule has 1 unspecified atom stereocenters. The molecule has 0 fully saturated rings. The Bertz CT molecular complexity index is 985. The van der Waals surface area contributed by atoms with Gasteiger partial charge in [0.15, 0.2) is 16.1 Å². The molecule has 0 aliphatic heterocycles. The Morgan fingerprint density at radius 2 is 1.89 bits per heavy atom. The van der Waals surface area contributed by atoms with Gasteiger partial charge in [0.1, 0.15) is 16.4 Å². The van der Waals surface area contributed by atoms with Crippen LogP contribution in [0.3, 0.4) is 0 Å². The Morgan fingerprint density at radius 1 is 1.18 bits per heavy atom. The van der Waals surface area contributed by atoms with Gasteiger partial charge in [0, 0.05) is 11.7 Å². The number of aromatic nitrogens is 1. The van der Waals surface area contributed by atoms with Crippen molar-refractivity contribution in [2.24, 2.45) is 0 Å². The van der Waals surface area contributed by atoms with E-state index in [9.17, 15) is 9.32 Å². The highest BCUT2D eigenvalue weighted by molar-refractivity contribution is 7.86. The van der Waals surface area contributed by atoms with E-state index in [0.29, 0.717) is 22.4 Å². The summed E-state index contributed by atoms with van der Waals surface area (Å²) in [5, 5.41) is 13.6. The Morgan fingerprint density at radius 3 is 2.54 bits per heavy atom. The number of hydrogen-bond acceptors (Lipinski definition) is 6. The highest BCUT2D eigenvalue weighted by Crippen LogP contribution is 2.36. The molecule has 0 amide bonds. The number of nitrogens with zero attached hydrogens (tertiary/aromatic N) is 1. The van der Waals surface area contributed by atoms with E-state index in [0.717, 1.165) is 21.3 Å². The zero-order valence-corrected chi connectivity index (χ0v) is 17.8. The molecule has 1 atom stereocenters. The summed E-state index contributed by atoms with van der Waals surface area (Å²) in [5.74, 6) is 0.693. The predicted molar refractivity (Wildman–Crippen MR) is 116 cm³/mol. The van der Waals surface area contributed by atoms with E-state index in [1.165, 1.54) is 12.1 Å². The minimum Gasteiger partial charge on any atom is -0.508 e. The maximum atomic E-state index is 12.9. The first-order valence-electron chi connectivity index (χ1n) is 8.77. The first-order valence-corrected chi connectivity index (χ1v) is 10.7. The highest BCUT2D eigenvalue weighted by atomic mass is 32.2. The van der Waals surface area contributed by atoms with Gasteiger partial charge in [-0.2, -0.15) is 0 Å². The van der Waals surface area contributed by atoms with Crippen molar-refractivity contribution >= 4 is 33.1 Å². The van der Waals surface area contributed by atoms with E-state index < -0.39 is 11.0 Å². The summed E-state index contributed by atoms with van der Waals surface area (Å²) in [7, 11) is 0.0210. The standard InChI is InChI=1S/C20H23N3O3S2/c1-12(2)21-20-22-13(3)19(27-20)14-5-10-17(26-4)18(11-14)28(25)23-15-6-8-16(24)9-7-15/h5-12,23-24H,1-4H3,(H,21,22). The number of methoxy groups -OCH3 is 1. The highest BCUT2D eigenvalue weighted by Gasteiger charge is 2.16. The molecule has 3 N–H and O–H groups in total. The predicted octanol–water partition coefficient (Wildman–Crippen LogP) is 4.79. The van der Waals surface area contributed by atoms with Crippen LogP contribution in [-0.4, -0.2) is 27.5 Å². The molecule has 0 aliphatic carbocycles. The third-order valence-corrected chi connectivity index (χ3v) is 6.19. The van der Waals surface area contributed by atoms with Gasteiger partial charge in [-0.3, -0.25) is 0 Å². The molecule has 1 heterocycles. The van der Waals surface area contributed by atoms with E-state index in [-0.39, 0.29) is 5.75 Å². The molecule has 0 saturated heterocycles. The quantitative estimate of drug-likeness (QED) is 0.482. The average Bonchev–Trinajstić information content (AvgIpc) is 3.02. The first-order chi connectivity index (χ1) is 13.4. The van der Waals surface area contributed by atoms with Gasteiger partial charge in [-0.15, -0.1) is 0 Å². The lowest BCUT2D eigenvalue weighted by Gasteiger charge is -2.12. The van der Waals surface area contributed by atoms with Gasteiger partial charge in [-0.25, -0.2) is 9.19 Å². The summed E-state index contributed by atoms with van der Waals surface area (Å²) >= 11 is 1.57. The van der Waals surface area contributed by atoms with Crippen LogP contribution in [0.4, 0.5) is 10.8 Å². The number of phenols is 1. The van der Waals surface area contributed by atoms with Crippen LogP contribution in [0.15, 0.2) is 47.4 Å². The lowest BCUT2D eigenvalue weighted by atomic mass is 10.1. The Labute approximate surface area is 171 Å². The number of benzene rings is 2. The number of thiazole rings is 1. The molecule has 3 rings (SSSR count). The molecular formula is C20H23N3O3S2. The normalized spacial score (nSPS) is 12.0. The fourth-order valence-electron chi connectivity index (χ4n) is 2.63. The van der Waals surface area contributed by atoms with Crippen LogP contribution in [0.5, 0.6) is 11.5 Å². The zero-order valence-electron chi connectivity index (χ0n) is 16.1. The van der Waals surface area contributed by atoms with Crippen LogP contribution in [-0.2, 0) is 11.0 Å². The third kappa shape index (κ3) is 4.63. The Balaban J connectivity index is 1.92. The van der Waals surface area contributed by atoms with Gasteiger partial charge < -0.3 is 19.9 Å². The monoisotopic (exact) mass is 417 g/mol. The van der Waals surface area contributed by atoms with Crippen LogP contribution < -0.4 is 14.8 Å². The van der Waals surface area contributed by atoms with Crippen LogP contribution in [0.1, 0.15) is 19.5 Å². The summed E-state index contributed by atoms with van der Waals surface area (Å²) in [6, 6.07) is 12.3. The maximum Gasteiger partial charge on any atom is 0.183 e. The van der Waals surface area contributed by atoms with Crippen LogP contribution in [0.2, 0.25) is 0 Å². The summed E-state index contributed by atoms with van der Waals surface area (Å²) in [4.78, 5) is 6.14. The van der Waals surface area contributed by atoms with Crippen molar-refractivity contribution in [1.82, 2.24) is 4.98 Å². The zero-order chi connectivity index (χ0) is 20.3. The number of nitrogens with one attached hydrogen (secondary N) is 2. The van der Waals surface area contributed by atoms with E-state index in [4.69, 9.17) is 4.74 Å². The molecular weight excluding hydrogens is 394 g/mol. The average molecular weight is 418 g/mol. The molecule has 28 heavy (non-hydrogen) atoms. The van der Waals surface area contributed by atoms with E-state index >= 15 is 0 Å². The van der Waals surface area contributed by atoms with Gasteiger partial charge in [0.2, 0.25) is 0 Å². The molecule has 2 aromatic carbocycles. The molecule has 0 spiro atoms. The number of ether oxygens (including phenoxy) is 1. The Kier molecular flexibility index (Phi) is 6.21. The van der Waals surface area contributed by atoms with E-state index in [1.54, 1.807) is 30.6 Å². The largest absolute Gasteiger partial charge is 0.508 e. The number of anilines is 2. The fourth-order valence-corrected chi connectivity index (χ4v) is 4.76. The number of aryl methyl sites for hydroxylation is 1. The van der Waals surface area contributed by atoms with Crippen molar-refractivity contribution in [2.45, 2.75) is 31.7 Å². The summed E-state index contributed by atoms with van der Waals surface area (Å²) in [5.41, 5.74) is 2.49. The number of aromatic hydroxyl groups is 1. The molecule has 0 saturated carbocycles. The van der Waals surface area contributed by atoms with E-state index in [2.05, 4.69) is 28.9 Å². The fraction of sp³-hybridized carbons (Fsp3) is 0.250. The summed E-state index contributed by atoms with van der Waals surface area (Å²) < 4.78 is 21.3. The number of hydrogen-bond donors (Lipinski definition) is 3. The van der Waals surface area contributed by atoms with Crippen molar-refractivity contribution in [1.29, 1.82) is 0 Å². The minimum absolute atomic E-state index is 0.155. The second kappa shape index (κ2) is 8.62. The Hall–Kier alpha value is -2.58. The van der Waals surface area contributed by atoms with Gasteiger partial charge >= 0.3 is 0 Å². The van der Waals surface area contributed by atoms with Gasteiger partial charge in [-0.1, -0.05) is 11.3 Å². The number of rotatable bonds is 7. The topological polar surface area (TPSA) is 83.5 Å². The third-order valence-electron chi connectivity index (χ3n) is 3.91. The molecule has 3 aromatic rings. The maximum absolute atomic E-state index is 12.9.